The van der Waals surface area contributed by atoms with Crippen LogP contribution in [0.1, 0.15) is 6.42 Å². The van der Waals surface area contributed by atoms with Crippen LogP contribution in [-0.2, 0) is 14.3 Å². The van der Waals surface area contributed by atoms with Crippen LogP contribution in [0.4, 0.5) is 0 Å². The second-order valence-corrected chi connectivity index (χ2v) is 3.75. The highest BCUT2D eigenvalue weighted by molar-refractivity contribution is 5.82. The zero-order chi connectivity index (χ0) is 12.0. The molecule has 92 valence electrons. The molecule has 0 bridgehead atoms. The van der Waals surface area contributed by atoms with E-state index in [1.54, 1.807) is 14.1 Å². The van der Waals surface area contributed by atoms with Gasteiger partial charge in [0.15, 0.2) is 0 Å². The highest BCUT2D eigenvalue weighted by atomic mass is 16.5. The summed E-state index contributed by atoms with van der Waals surface area (Å²) in [5.41, 5.74) is 0. The van der Waals surface area contributed by atoms with Crippen LogP contribution in [0.3, 0.4) is 0 Å². The molecular weight excluding hydrogens is 210 g/mol. The van der Waals surface area contributed by atoms with Crippen molar-refractivity contribution in [2.24, 2.45) is 0 Å². The fourth-order valence-corrected chi connectivity index (χ4v) is 1.47. The summed E-state index contributed by atoms with van der Waals surface area (Å²) in [7, 11) is 3.27. The molecule has 1 atom stereocenters. The van der Waals surface area contributed by atoms with Gasteiger partial charge < -0.3 is 20.3 Å². The minimum absolute atomic E-state index is 0.0673. The van der Waals surface area contributed by atoms with E-state index in [-0.39, 0.29) is 11.8 Å². The van der Waals surface area contributed by atoms with Gasteiger partial charge in [-0.2, -0.15) is 0 Å². The molecule has 0 aromatic rings. The first kappa shape index (κ1) is 12.9. The lowest BCUT2D eigenvalue weighted by molar-refractivity contribution is -0.144. The molecule has 0 spiro atoms. The molecule has 16 heavy (non-hydrogen) atoms. The third-order valence-electron chi connectivity index (χ3n) is 2.53. The summed E-state index contributed by atoms with van der Waals surface area (Å²) in [6.45, 7) is 2.30. The number of ether oxygens (including phenoxy) is 1. The molecule has 0 radical (unpaired) electrons. The summed E-state index contributed by atoms with van der Waals surface area (Å²) in [5.74, 6) is -0.140. The Bertz CT molecular complexity index is 252. The molecule has 0 aromatic heterocycles. The predicted octanol–water partition coefficient (Wildman–Crippen LogP) is -1.43. The third kappa shape index (κ3) is 3.79. The smallest absolute Gasteiger partial charge is 0.252 e. The van der Waals surface area contributed by atoms with Crippen molar-refractivity contribution < 1.29 is 14.3 Å². The Morgan fingerprint density at radius 2 is 2.31 bits per heavy atom. The molecule has 1 fully saturated rings. The number of carbonyl (C=O) groups excluding carboxylic acids is 2. The average molecular weight is 229 g/mol. The summed E-state index contributed by atoms with van der Waals surface area (Å²) in [6, 6.07) is 0. The first-order valence-corrected chi connectivity index (χ1v) is 5.43. The summed E-state index contributed by atoms with van der Waals surface area (Å²) >= 11 is 0. The van der Waals surface area contributed by atoms with Crippen molar-refractivity contribution in [3.05, 3.63) is 0 Å². The Kier molecular flexibility index (Phi) is 5.21. The maximum Gasteiger partial charge on any atom is 0.252 e. The van der Waals surface area contributed by atoms with Crippen molar-refractivity contribution >= 4 is 11.8 Å². The van der Waals surface area contributed by atoms with Crippen LogP contribution in [-0.4, -0.2) is 63.2 Å². The third-order valence-corrected chi connectivity index (χ3v) is 2.53. The molecule has 1 aliphatic rings. The van der Waals surface area contributed by atoms with Crippen molar-refractivity contribution in [2.45, 2.75) is 12.5 Å². The van der Waals surface area contributed by atoms with E-state index in [0.29, 0.717) is 26.1 Å². The summed E-state index contributed by atoms with van der Waals surface area (Å²) in [6.07, 6.45) is -0.0951. The first-order valence-electron chi connectivity index (χ1n) is 5.43. The molecular formula is C10H19N3O3. The molecule has 1 heterocycles. The normalized spacial score (nSPS) is 20.2. The molecule has 1 saturated heterocycles. The van der Waals surface area contributed by atoms with Gasteiger partial charge >= 0.3 is 0 Å². The topological polar surface area (TPSA) is 70.7 Å². The lowest BCUT2D eigenvalue weighted by atomic mass is 10.2. The van der Waals surface area contributed by atoms with Gasteiger partial charge in [0.05, 0.1) is 6.61 Å². The Labute approximate surface area is 95.3 Å². The van der Waals surface area contributed by atoms with Crippen LogP contribution in [0.2, 0.25) is 0 Å². The van der Waals surface area contributed by atoms with Crippen molar-refractivity contribution in [1.29, 1.82) is 0 Å². The van der Waals surface area contributed by atoms with E-state index in [1.807, 2.05) is 0 Å². The number of morpholine rings is 1. The van der Waals surface area contributed by atoms with Crippen molar-refractivity contribution in [3.63, 3.8) is 0 Å². The molecule has 6 nitrogen and oxygen atoms in total. The molecule has 1 rings (SSSR count). The van der Waals surface area contributed by atoms with Gasteiger partial charge in [0.2, 0.25) is 5.91 Å². The quantitative estimate of drug-likeness (QED) is 0.620. The minimum Gasteiger partial charge on any atom is -0.366 e. The number of amides is 2. The van der Waals surface area contributed by atoms with E-state index >= 15 is 0 Å². The van der Waals surface area contributed by atoms with Crippen molar-refractivity contribution in [3.8, 4) is 0 Å². The second-order valence-electron chi connectivity index (χ2n) is 3.75. The molecule has 6 heteroatoms. The van der Waals surface area contributed by atoms with Gasteiger partial charge in [-0.25, -0.2) is 0 Å². The molecule has 0 saturated carbocycles. The SMILES string of the molecule is CNC(=O)CCN(C)C(=O)C1CNCCO1. The molecule has 2 N–H and O–H groups in total. The molecule has 0 aliphatic carbocycles. The zero-order valence-electron chi connectivity index (χ0n) is 9.78. The summed E-state index contributed by atoms with van der Waals surface area (Å²) < 4.78 is 5.34. The molecule has 1 unspecified atom stereocenters. The van der Waals surface area contributed by atoms with Gasteiger partial charge in [-0.3, -0.25) is 9.59 Å². The van der Waals surface area contributed by atoms with Crippen LogP contribution < -0.4 is 10.6 Å². The summed E-state index contributed by atoms with van der Waals surface area (Å²) in [5, 5.41) is 5.61. The number of nitrogens with zero attached hydrogens (tertiary/aromatic N) is 1. The largest absolute Gasteiger partial charge is 0.366 e. The monoisotopic (exact) mass is 229 g/mol. The van der Waals surface area contributed by atoms with Crippen LogP contribution >= 0.6 is 0 Å². The lowest BCUT2D eigenvalue weighted by Crippen LogP contribution is -2.48. The van der Waals surface area contributed by atoms with Gasteiger partial charge in [-0.15, -0.1) is 0 Å². The van der Waals surface area contributed by atoms with Crippen LogP contribution in [0.25, 0.3) is 0 Å². The zero-order valence-corrected chi connectivity index (χ0v) is 9.78. The van der Waals surface area contributed by atoms with Gasteiger partial charge in [0.1, 0.15) is 6.10 Å². The van der Waals surface area contributed by atoms with Crippen LogP contribution in [0.15, 0.2) is 0 Å². The van der Waals surface area contributed by atoms with E-state index in [9.17, 15) is 9.59 Å². The van der Waals surface area contributed by atoms with E-state index in [1.165, 1.54) is 4.90 Å². The van der Waals surface area contributed by atoms with Crippen molar-refractivity contribution in [1.82, 2.24) is 15.5 Å². The maximum absolute atomic E-state index is 11.8. The predicted molar refractivity (Wildman–Crippen MR) is 58.9 cm³/mol. The summed E-state index contributed by atoms with van der Waals surface area (Å²) in [4.78, 5) is 24.4. The maximum atomic E-state index is 11.8. The van der Waals surface area contributed by atoms with E-state index in [0.717, 1.165) is 6.54 Å². The Balaban J connectivity index is 2.31. The molecule has 2 amide bonds. The number of carbonyl (C=O) groups is 2. The van der Waals surface area contributed by atoms with Crippen LogP contribution in [0.5, 0.6) is 0 Å². The minimum atomic E-state index is -0.413. The number of likely N-dealkylation sites (N-methyl/N-ethyl adjacent to an activating group) is 1. The number of hydrogen-bond donors (Lipinski definition) is 2. The van der Waals surface area contributed by atoms with Gasteiger partial charge in [0, 0.05) is 40.2 Å². The Hall–Kier alpha value is -1.14. The lowest BCUT2D eigenvalue weighted by Gasteiger charge is -2.27. The second kappa shape index (κ2) is 6.44. The standard InChI is InChI=1S/C10H19N3O3/c1-11-9(14)3-5-13(2)10(15)8-7-12-4-6-16-8/h8,12H,3-7H2,1-2H3,(H,11,14). The molecule has 1 aliphatic heterocycles. The van der Waals surface area contributed by atoms with Crippen molar-refractivity contribution in [2.75, 3.05) is 40.3 Å². The fourth-order valence-electron chi connectivity index (χ4n) is 1.47. The Morgan fingerprint density at radius 3 is 2.88 bits per heavy atom. The average Bonchev–Trinajstić information content (AvgIpc) is 2.35. The number of nitrogens with one attached hydrogen (secondary N) is 2. The Morgan fingerprint density at radius 1 is 1.56 bits per heavy atom. The van der Waals surface area contributed by atoms with Crippen LogP contribution in [0, 0.1) is 0 Å². The van der Waals surface area contributed by atoms with E-state index < -0.39 is 6.10 Å². The van der Waals surface area contributed by atoms with E-state index in [2.05, 4.69) is 10.6 Å². The number of rotatable bonds is 4. The highest BCUT2D eigenvalue weighted by Crippen LogP contribution is 2.01. The van der Waals surface area contributed by atoms with Gasteiger partial charge in [0.25, 0.3) is 5.91 Å². The van der Waals surface area contributed by atoms with Gasteiger partial charge in [-0.05, 0) is 0 Å². The van der Waals surface area contributed by atoms with Gasteiger partial charge in [-0.1, -0.05) is 0 Å². The highest BCUT2D eigenvalue weighted by Gasteiger charge is 2.24. The number of hydrogen-bond acceptors (Lipinski definition) is 4. The van der Waals surface area contributed by atoms with E-state index in [4.69, 9.17) is 4.74 Å². The fraction of sp³-hybridized carbons (Fsp3) is 0.800. The first-order chi connectivity index (χ1) is 7.65. The molecule has 0 aromatic carbocycles.